The van der Waals surface area contributed by atoms with E-state index in [2.05, 4.69) is 14.9 Å². The predicted octanol–water partition coefficient (Wildman–Crippen LogP) is 3.32. The van der Waals surface area contributed by atoms with Crippen molar-refractivity contribution in [1.29, 1.82) is 0 Å². The Morgan fingerprint density at radius 2 is 1.94 bits per heavy atom. The molecule has 4 heterocycles. The van der Waals surface area contributed by atoms with Crippen LogP contribution in [0.3, 0.4) is 0 Å². The number of rotatable bonds is 2. The number of hydrogen-bond acceptors (Lipinski definition) is 7. The molecule has 0 amide bonds. The summed E-state index contributed by atoms with van der Waals surface area (Å²) in [7, 11) is 1.95. The molecule has 1 unspecified atom stereocenters. The highest BCUT2D eigenvalue weighted by Gasteiger charge is 2.28. The van der Waals surface area contributed by atoms with Crippen molar-refractivity contribution < 1.29 is 27.2 Å². The summed E-state index contributed by atoms with van der Waals surface area (Å²) < 4.78 is 51.6. The van der Waals surface area contributed by atoms with Crippen LogP contribution in [0.15, 0.2) is 22.7 Å². The SMILES string of the molecule is CC1Cn2cc([N+](=O)[O-])nc2O1.CN1CCc2nc(-c3cc(F)c(F)c(F)c3)oc2C1. The van der Waals surface area contributed by atoms with Gasteiger partial charge in [-0.05, 0) is 31.0 Å². The van der Waals surface area contributed by atoms with Gasteiger partial charge in [0.1, 0.15) is 18.1 Å². The van der Waals surface area contributed by atoms with E-state index in [4.69, 9.17) is 9.15 Å². The van der Waals surface area contributed by atoms with Crippen LogP contribution in [-0.2, 0) is 19.5 Å². The number of nitro groups is 1. The minimum Gasteiger partial charge on any atom is -0.441 e. The van der Waals surface area contributed by atoms with E-state index in [1.807, 2.05) is 14.0 Å². The lowest BCUT2D eigenvalue weighted by atomic mass is 10.2. The van der Waals surface area contributed by atoms with E-state index in [9.17, 15) is 23.3 Å². The van der Waals surface area contributed by atoms with Gasteiger partial charge in [0.15, 0.2) is 17.5 Å². The summed E-state index contributed by atoms with van der Waals surface area (Å²) >= 11 is 0. The number of benzene rings is 1. The molecule has 0 spiro atoms. The Morgan fingerprint density at radius 3 is 2.58 bits per heavy atom. The van der Waals surface area contributed by atoms with Gasteiger partial charge in [-0.1, -0.05) is 0 Å². The van der Waals surface area contributed by atoms with Gasteiger partial charge in [-0.25, -0.2) is 18.2 Å². The van der Waals surface area contributed by atoms with E-state index in [-0.39, 0.29) is 23.4 Å². The first kappa shape index (κ1) is 20.8. The fraction of sp³-hybridized carbons (Fsp3) is 0.368. The molecular weight excluding hydrogens is 419 g/mol. The van der Waals surface area contributed by atoms with Crippen molar-refractivity contribution in [3.63, 3.8) is 0 Å². The Kier molecular flexibility index (Phi) is 5.39. The highest BCUT2D eigenvalue weighted by molar-refractivity contribution is 5.54. The van der Waals surface area contributed by atoms with Gasteiger partial charge in [-0.3, -0.25) is 9.47 Å². The van der Waals surface area contributed by atoms with Gasteiger partial charge in [0.25, 0.3) is 0 Å². The van der Waals surface area contributed by atoms with E-state index >= 15 is 0 Å². The first-order chi connectivity index (χ1) is 14.7. The molecule has 0 aliphatic carbocycles. The van der Waals surface area contributed by atoms with Crippen LogP contribution in [0.1, 0.15) is 18.4 Å². The second kappa shape index (κ2) is 8.02. The smallest absolute Gasteiger partial charge is 0.414 e. The normalized spacial score (nSPS) is 17.4. The van der Waals surface area contributed by atoms with Crippen LogP contribution in [-0.4, -0.2) is 44.1 Å². The Labute approximate surface area is 174 Å². The zero-order valence-corrected chi connectivity index (χ0v) is 16.6. The Bertz CT molecular complexity index is 1100. The van der Waals surface area contributed by atoms with Crippen molar-refractivity contribution in [3.8, 4) is 17.5 Å². The zero-order chi connectivity index (χ0) is 22.3. The van der Waals surface area contributed by atoms with Gasteiger partial charge in [0, 0.05) is 23.5 Å². The topological polar surface area (TPSA) is 99.5 Å². The van der Waals surface area contributed by atoms with E-state index in [1.165, 1.54) is 6.20 Å². The number of ether oxygens (including phenoxy) is 1. The largest absolute Gasteiger partial charge is 0.441 e. The highest BCUT2D eigenvalue weighted by atomic mass is 19.2. The van der Waals surface area contributed by atoms with E-state index < -0.39 is 22.4 Å². The van der Waals surface area contributed by atoms with Gasteiger partial charge in [0.05, 0.1) is 18.8 Å². The number of halogens is 3. The van der Waals surface area contributed by atoms with Crippen LogP contribution in [0.2, 0.25) is 0 Å². The number of imidazole rings is 1. The number of hydrogen-bond donors (Lipinski definition) is 0. The first-order valence-electron chi connectivity index (χ1n) is 9.41. The van der Waals surface area contributed by atoms with Gasteiger partial charge < -0.3 is 19.3 Å². The zero-order valence-electron chi connectivity index (χ0n) is 16.6. The third-order valence-electron chi connectivity index (χ3n) is 4.83. The lowest BCUT2D eigenvalue weighted by molar-refractivity contribution is -0.389. The average molecular weight is 437 g/mol. The number of nitrogens with zero attached hydrogens (tertiary/aromatic N) is 5. The van der Waals surface area contributed by atoms with Crippen LogP contribution in [0, 0.1) is 27.6 Å². The maximum absolute atomic E-state index is 13.2. The Balaban J connectivity index is 0.000000166. The lowest BCUT2D eigenvalue weighted by Gasteiger charge is -2.19. The Morgan fingerprint density at radius 1 is 1.23 bits per heavy atom. The molecule has 5 rings (SSSR count). The summed E-state index contributed by atoms with van der Waals surface area (Å²) in [6.45, 7) is 3.98. The summed E-state index contributed by atoms with van der Waals surface area (Å²) in [5, 5.41) is 10.3. The standard InChI is InChI=1S/C13H11F3N2O.C6H7N3O3/c1-18-3-2-10-11(6-18)19-13(17-10)7-4-8(14)12(16)9(15)5-7;1-4-2-8-3-5(9(10)11)7-6(8)12-4/h4-5H,2-3,6H2,1H3;3-4H,2H2,1H3. The molecule has 0 saturated heterocycles. The second-order valence-electron chi connectivity index (χ2n) is 7.35. The fourth-order valence-corrected chi connectivity index (χ4v) is 3.32. The van der Waals surface area contributed by atoms with Crippen molar-refractivity contribution in [2.45, 2.75) is 32.5 Å². The van der Waals surface area contributed by atoms with E-state index in [0.29, 0.717) is 24.9 Å². The molecule has 0 N–H and O–H groups in total. The second-order valence-corrected chi connectivity index (χ2v) is 7.35. The molecule has 0 saturated carbocycles. The molecule has 2 aliphatic rings. The molecule has 31 heavy (non-hydrogen) atoms. The molecule has 164 valence electrons. The van der Waals surface area contributed by atoms with Crippen molar-refractivity contribution in [3.05, 3.63) is 57.3 Å². The fourth-order valence-electron chi connectivity index (χ4n) is 3.32. The van der Waals surface area contributed by atoms with Crippen LogP contribution < -0.4 is 4.74 Å². The van der Waals surface area contributed by atoms with E-state index in [0.717, 1.165) is 30.8 Å². The van der Waals surface area contributed by atoms with E-state index in [1.54, 1.807) is 4.57 Å². The summed E-state index contributed by atoms with van der Waals surface area (Å²) in [6, 6.07) is 2.12. The quantitative estimate of drug-likeness (QED) is 0.345. The number of fused-ring (bicyclic) bond motifs is 2. The third-order valence-corrected chi connectivity index (χ3v) is 4.83. The molecule has 0 radical (unpaired) electrons. The van der Waals surface area contributed by atoms with Crippen molar-refractivity contribution >= 4 is 5.82 Å². The predicted molar refractivity (Wildman–Crippen MR) is 101 cm³/mol. The van der Waals surface area contributed by atoms with Crippen molar-refractivity contribution in [1.82, 2.24) is 19.4 Å². The molecule has 1 aromatic carbocycles. The minimum atomic E-state index is -1.49. The van der Waals surface area contributed by atoms with Crippen molar-refractivity contribution in [2.24, 2.45) is 0 Å². The Hall–Kier alpha value is -3.41. The minimum absolute atomic E-state index is 0.0632. The molecule has 0 bridgehead atoms. The highest BCUT2D eigenvalue weighted by Crippen LogP contribution is 2.28. The van der Waals surface area contributed by atoms with Gasteiger partial charge >= 0.3 is 11.8 Å². The first-order valence-corrected chi connectivity index (χ1v) is 9.41. The number of aromatic nitrogens is 3. The summed E-state index contributed by atoms with van der Waals surface area (Å²) in [5.41, 5.74) is 0.895. The maximum atomic E-state index is 13.2. The molecule has 12 heteroatoms. The van der Waals surface area contributed by atoms with Gasteiger partial charge in [0.2, 0.25) is 5.89 Å². The van der Waals surface area contributed by atoms with Crippen LogP contribution in [0.5, 0.6) is 6.01 Å². The molecule has 3 aromatic rings. The molecule has 1 atom stereocenters. The van der Waals surface area contributed by atoms with Gasteiger partial charge in [-0.15, -0.1) is 0 Å². The monoisotopic (exact) mass is 437 g/mol. The average Bonchev–Trinajstić information content (AvgIpc) is 3.38. The molecule has 0 fully saturated rings. The van der Waals surface area contributed by atoms with Crippen LogP contribution in [0.25, 0.3) is 11.5 Å². The number of likely N-dealkylation sites (N-methyl/N-ethyl adjacent to an activating group) is 1. The number of oxazole rings is 1. The summed E-state index contributed by atoms with van der Waals surface area (Å²) in [5.74, 6) is -3.32. The summed E-state index contributed by atoms with van der Waals surface area (Å²) in [6.07, 6.45) is 2.17. The maximum Gasteiger partial charge on any atom is 0.414 e. The lowest BCUT2D eigenvalue weighted by Crippen LogP contribution is -2.25. The van der Waals surface area contributed by atoms with Crippen molar-refractivity contribution in [2.75, 3.05) is 13.6 Å². The molecule has 9 nitrogen and oxygen atoms in total. The molecule has 2 aliphatic heterocycles. The van der Waals surface area contributed by atoms with Crippen LogP contribution >= 0.6 is 0 Å². The molecular formula is C19H18F3N5O4. The third kappa shape index (κ3) is 4.24. The molecule has 2 aromatic heterocycles. The van der Waals surface area contributed by atoms with Gasteiger partial charge in [-0.2, -0.15) is 0 Å². The summed E-state index contributed by atoms with van der Waals surface area (Å²) in [4.78, 5) is 19.7. The van der Waals surface area contributed by atoms with Crippen LogP contribution in [0.4, 0.5) is 19.0 Å².